The minimum atomic E-state index is -2.99. The molecule has 1 aromatic heterocycles. The van der Waals surface area contributed by atoms with Gasteiger partial charge in [-0.15, -0.1) is 0 Å². The second-order valence-corrected chi connectivity index (χ2v) is 3.75. The number of alkyl halides is 2. The van der Waals surface area contributed by atoms with E-state index in [0.29, 0.717) is 0 Å². The number of pyridine rings is 1. The van der Waals surface area contributed by atoms with Crippen molar-refractivity contribution >= 4 is 34.4 Å². The molecule has 1 heterocycles. The molecule has 0 saturated heterocycles. The Morgan fingerprint density at radius 2 is 2.19 bits per heavy atom. The Morgan fingerprint density at radius 1 is 1.62 bits per heavy atom. The molecule has 0 aromatic carbocycles. The number of carboxylic acid groups (broad SMARTS) is 1. The molecule has 1 rings (SSSR count). The Bertz CT molecular complexity index is 466. The van der Waals surface area contributed by atoms with Gasteiger partial charge in [0.05, 0.1) is 0 Å². The number of aromatic nitrogens is 1. The summed E-state index contributed by atoms with van der Waals surface area (Å²) in [5.74, 6) is -2.65. The van der Waals surface area contributed by atoms with Crippen LogP contribution in [-0.2, 0) is 0 Å². The number of hydrogen-bond donors (Lipinski definition) is 1. The van der Waals surface area contributed by atoms with Crippen molar-refractivity contribution in [1.29, 1.82) is 0 Å². The quantitative estimate of drug-likeness (QED) is 0.516. The van der Waals surface area contributed by atoms with Crippen LogP contribution in [0.25, 0.3) is 0 Å². The minimum absolute atomic E-state index is 0.151. The number of carboxylic acids is 1. The molecule has 1 aromatic rings. The van der Waals surface area contributed by atoms with E-state index < -0.39 is 34.4 Å². The van der Waals surface area contributed by atoms with Crippen LogP contribution in [0, 0.1) is 13.7 Å². The number of nitro groups is 1. The zero-order valence-electron chi connectivity index (χ0n) is 7.35. The van der Waals surface area contributed by atoms with Crippen molar-refractivity contribution < 1.29 is 23.6 Å². The van der Waals surface area contributed by atoms with E-state index in [1.54, 1.807) is 0 Å². The molecular weight excluding hydrogens is 341 g/mol. The third-order valence-electron chi connectivity index (χ3n) is 1.58. The smallest absolute Gasteiger partial charge is 0.379 e. The van der Waals surface area contributed by atoms with Crippen molar-refractivity contribution in [3.8, 4) is 0 Å². The van der Waals surface area contributed by atoms with E-state index in [0.717, 1.165) is 6.07 Å². The van der Waals surface area contributed by atoms with Gasteiger partial charge in [-0.2, -0.15) is 0 Å². The first-order valence-electron chi connectivity index (χ1n) is 3.71. The largest absolute Gasteiger partial charge is 0.477 e. The standard InChI is InChI=1S/C7H3F2IN2O4/c8-5(9)3-1-2(10)4(7(13)14)6(11-3)12(15)16/h1,5H,(H,13,14). The molecule has 0 radical (unpaired) electrons. The lowest BCUT2D eigenvalue weighted by molar-refractivity contribution is -0.390. The summed E-state index contributed by atoms with van der Waals surface area (Å²) in [6.07, 6.45) is -2.99. The monoisotopic (exact) mass is 344 g/mol. The SMILES string of the molecule is O=C(O)c1c(I)cc(C(F)F)nc1[N+](=O)[O-]. The van der Waals surface area contributed by atoms with Crippen LogP contribution in [0.1, 0.15) is 22.5 Å². The number of rotatable bonds is 3. The van der Waals surface area contributed by atoms with E-state index >= 15 is 0 Å². The van der Waals surface area contributed by atoms with Gasteiger partial charge >= 0.3 is 18.2 Å². The Hall–Kier alpha value is -1.39. The predicted octanol–water partition coefficient (Wildman–Crippen LogP) is 2.23. The first-order valence-corrected chi connectivity index (χ1v) is 4.78. The highest BCUT2D eigenvalue weighted by Gasteiger charge is 2.29. The molecule has 0 saturated carbocycles. The molecule has 6 nitrogen and oxygen atoms in total. The highest BCUT2D eigenvalue weighted by Crippen LogP contribution is 2.27. The summed E-state index contributed by atoms with van der Waals surface area (Å²) in [5, 5.41) is 19.2. The minimum Gasteiger partial charge on any atom is -0.477 e. The number of carbonyl (C=O) groups is 1. The van der Waals surface area contributed by atoms with Gasteiger partial charge < -0.3 is 15.2 Å². The van der Waals surface area contributed by atoms with Crippen molar-refractivity contribution in [3.63, 3.8) is 0 Å². The van der Waals surface area contributed by atoms with Crippen LogP contribution in [0.5, 0.6) is 0 Å². The summed E-state index contributed by atoms with van der Waals surface area (Å²) in [6, 6.07) is 0.807. The molecule has 0 aliphatic rings. The van der Waals surface area contributed by atoms with Crippen molar-refractivity contribution in [2.45, 2.75) is 6.43 Å². The van der Waals surface area contributed by atoms with Crippen molar-refractivity contribution in [3.05, 3.63) is 31.0 Å². The second-order valence-electron chi connectivity index (χ2n) is 2.59. The van der Waals surface area contributed by atoms with Gasteiger partial charge in [0, 0.05) is 9.64 Å². The first-order chi connectivity index (χ1) is 7.34. The molecule has 0 bridgehead atoms. The van der Waals surface area contributed by atoms with E-state index in [4.69, 9.17) is 5.11 Å². The van der Waals surface area contributed by atoms with Crippen molar-refractivity contribution in [2.75, 3.05) is 0 Å². The molecule has 0 fully saturated rings. The lowest BCUT2D eigenvalue weighted by Crippen LogP contribution is -2.09. The fraction of sp³-hybridized carbons (Fsp3) is 0.143. The molecule has 0 unspecified atom stereocenters. The second kappa shape index (κ2) is 4.63. The summed E-state index contributed by atoms with van der Waals surface area (Å²) in [7, 11) is 0. The van der Waals surface area contributed by atoms with Crippen molar-refractivity contribution in [2.24, 2.45) is 0 Å². The van der Waals surface area contributed by atoms with Gasteiger partial charge in [-0.3, -0.25) is 0 Å². The van der Waals surface area contributed by atoms with Crippen LogP contribution >= 0.6 is 22.6 Å². The van der Waals surface area contributed by atoms with Crippen LogP contribution in [0.15, 0.2) is 6.07 Å². The highest BCUT2D eigenvalue weighted by molar-refractivity contribution is 14.1. The maximum atomic E-state index is 12.3. The fourth-order valence-electron chi connectivity index (χ4n) is 0.961. The Balaban J connectivity index is 3.52. The summed E-state index contributed by atoms with van der Waals surface area (Å²) in [4.78, 5) is 23.1. The fourth-order valence-corrected chi connectivity index (χ4v) is 1.75. The molecule has 0 spiro atoms. The predicted molar refractivity (Wildman–Crippen MR) is 55.5 cm³/mol. The van der Waals surface area contributed by atoms with Crippen LogP contribution in [-0.4, -0.2) is 21.0 Å². The Labute approximate surface area is 101 Å². The van der Waals surface area contributed by atoms with E-state index in [1.165, 1.54) is 22.6 Å². The number of nitrogens with zero attached hydrogens (tertiary/aromatic N) is 2. The summed E-state index contributed by atoms with van der Waals surface area (Å²) in [6.45, 7) is 0. The zero-order valence-corrected chi connectivity index (χ0v) is 9.51. The molecule has 1 N–H and O–H groups in total. The lowest BCUT2D eigenvalue weighted by atomic mass is 10.2. The lowest BCUT2D eigenvalue weighted by Gasteiger charge is -2.02. The zero-order chi connectivity index (χ0) is 12.5. The number of hydrogen-bond acceptors (Lipinski definition) is 4. The average molecular weight is 344 g/mol. The summed E-state index contributed by atoms with van der Waals surface area (Å²) in [5.41, 5.74) is -1.50. The molecular formula is C7H3F2IN2O4. The Morgan fingerprint density at radius 3 is 2.56 bits per heavy atom. The maximum Gasteiger partial charge on any atom is 0.379 e. The number of halogens is 3. The molecule has 86 valence electrons. The average Bonchev–Trinajstić information content (AvgIpc) is 2.15. The van der Waals surface area contributed by atoms with Gasteiger partial charge in [-0.25, -0.2) is 13.6 Å². The summed E-state index contributed by atoms with van der Waals surface area (Å²) < 4.78 is 24.4. The number of aromatic carboxylic acids is 1. The van der Waals surface area contributed by atoms with Gasteiger partial charge in [-0.1, -0.05) is 0 Å². The van der Waals surface area contributed by atoms with Gasteiger partial charge in [0.1, 0.15) is 0 Å². The first kappa shape index (κ1) is 12.7. The van der Waals surface area contributed by atoms with Gasteiger partial charge in [-0.05, 0) is 32.5 Å². The maximum absolute atomic E-state index is 12.3. The van der Waals surface area contributed by atoms with Crippen LogP contribution in [0.2, 0.25) is 0 Å². The molecule has 16 heavy (non-hydrogen) atoms. The summed E-state index contributed by atoms with van der Waals surface area (Å²) >= 11 is 1.43. The van der Waals surface area contributed by atoms with Gasteiger partial charge in [0.15, 0.2) is 5.56 Å². The normalized spacial score (nSPS) is 10.5. The van der Waals surface area contributed by atoms with Crippen LogP contribution < -0.4 is 0 Å². The molecule has 9 heteroatoms. The van der Waals surface area contributed by atoms with E-state index in [2.05, 4.69) is 4.98 Å². The van der Waals surface area contributed by atoms with E-state index in [-0.39, 0.29) is 3.57 Å². The molecule has 0 aliphatic heterocycles. The molecule has 0 atom stereocenters. The third kappa shape index (κ3) is 2.40. The van der Waals surface area contributed by atoms with Gasteiger partial charge in [0.2, 0.25) is 5.69 Å². The van der Waals surface area contributed by atoms with E-state index in [1.807, 2.05) is 0 Å². The van der Waals surface area contributed by atoms with Crippen LogP contribution in [0.3, 0.4) is 0 Å². The van der Waals surface area contributed by atoms with E-state index in [9.17, 15) is 23.7 Å². The highest BCUT2D eigenvalue weighted by atomic mass is 127. The molecule has 0 amide bonds. The van der Waals surface area contributed by atoms with Crippen LogP contribution in [0.4, 0.5) is 14.6 Å². The van der Waals surface area contributed by atoms with Crippen molar-refractivity contribution in [1.82, 2.24) is 4.98 Å². The van der Waals surface area contributed by atoms with Gasteiger partial charge in [0.25, 0.3) is 0 Å². The molecule has 0 aliphatic carbocycles. The third-order valence-corrected chi connectivity index (χ3v) is 2.43. The Kier molecular flexibility index (Phi) is 3.67. The topological polar surface area (TPSA) is 93.3 Å².